The monoisotopic (exact) mass is 121 g/mol. The molecule has 1 saturated carbocycles. The molecular weight excluding hydrogens is 110 g/mol. The van der Waals surface area contributed by atoms with Crippen LogP contribution in [0.1, 0.15) is 26.2 Å². The minimum atomic E-state index is -0.0317. The molecule has 0 aromatic rings. The highest BCUT2D eigenvalue weighted by atomic mass is 14.5. The van der Waals surface area contributed by atoms with Gasteiger partial charge in [-0.3, -0.25) is 0 Å². The zero-order chi connectivity index (χ0) is 6.74. The zero-order valence-electron chi connectivity index (χ0n) is 5.72. The highest BCUT2D eigenvalue weighted by molar-refractivity contribution is 5.21. The fourth-order valence-electron chi connectivity index (χ4n) is 0.794. The summed E-state index contributed by atoms with van der Waals surface area (Å²) in [4.78, 5) is 0. The van der Waals surface area contributed by atoms with E-state index in [0.717, 1.165) is 19.3 Å². The van der Waals surface area contributed by atoms with Crippen LogP contribution in [-0.2, 0) is 0 Å². The lowest BCUT2D eigenvalue weighted by molar-refractivity contribution is 0.869. The molecule has 1 nitrogen and oxygen atoms in total. The summed E-state index contributed by atoms with van der Waals surface area (Å²) in [5, 5.41) is 8.58. The van der Waals surface area contributed by atoms with Crippen molar-refractivity contribution in [2.45, 2.75) is 26.2 Å². The molecule has 0 aromatic carbocycles. The van der Waals surface area contributed by atoms with E-state index < -0.39 is 0 Å². The molecule has 9 heavy (non-hydrogen) atoms. The Morgan fingerprint density at radius 3 is 2.67 bits per heavy atom. The van der Waals surface area contributed by atoms with Crippen molar-refractivity contribution in [1.82, 2.24) is 0 Å². The van der Waals surface area contributed by atoms with Gasteiger partial charge in [0.2, 0.25) is 0 Å². The molecular formula is C8H11N. The third-order valence-electron chi connectivity index (χ3n) is 1.68. The molecule has 0 amide bonds. The summed E-state index contributed by atoms with van der Waals surface area (Å²) < 4.78 is 0. The summed E-state index contributed by atoms with van der Waals surface area (Å²) in [5.74, 6) is 0. The number of rotatable bonds is 2. The van der Waals surface area contributed by atoms with E-state index >= 15 is 0 Å². The lowest BCUT2D eigenvalue weighted by Crippen LogP contribution is -1.86. The van der Waals surface area contributed by atoms with Crippen molar-refractivity contribution in [3.05, 3.63) is 12.2 Å². The Morgan fingerprint density at radius 2 is 2.33 bits per heavy atom. The minimum absolute atomic E-state index is 0.0317. The van der Waals surface area contributed by atoms with Gasteiger partial charge in [-0.15, -0.1) is 0 Å². The second-order valence-corrected chi connectivity index (χ2v) is 2.58. The molecule has 0 bridgehead atoms. The molecule has 1 aliphatic carbocycles. The van der Waals surface area contributed by atoms with Gasteiger partial charge >= 0.3 is 0 Å². The van der Waals surface area contributed by atoms with Crippen LogP contribution in [-0.4, -0.2) is 0 Å². The molecule has 0 atom stereocenters. The van der Waals surface area contributed by atoms with Crippen LogP contribution in [0.3, 0.4) is 0 Å². The molecule has 0 aromatic heterocycles. The topological polar surface area (TPSA) is 23.8 Å². The molecule has 1 fully saturated rings. The highest BCUT2D eigenvalue weighted by Gasteiger charge is 2.39. The van der Waals surface area contributed by atoms with Crippen molar-refractivity contribution in [3.8, 4) is 6.07 Å². The second kappa shape index (κ2) is 2.23. The minimum Gasteiger partial charge on any atom is -0.197 e. The molecule has 1 rings (SSSR count). The first-order chi connectivity index (χ1) is 4.33. The number of nitriles is 1. The van der Waals surface area contributed by atoms with E-state index in [1.54, 1.807) is 0 Å². The molecule has 1 aliphatic rings. The predicted molar refractivity (Wildman–Crippen MR) is 36.7 cm³/mol. The number of nitrogens with zero attached hydrogens (tertiary/aromatic N) is 1. The summed E-state index contributed by atoms with van der Waals surface area (Å²) >= 11 is 0. The van der Waals surface area contributed by atoms with E-state index in [2.05, 4.69) is 19.1 Å². The van der Waals surface area contributed by atoms with E-state index in [4.69, 9.17) is 5.26 Å². The van der Waals surface area contributed by atoms with Gasteiger partial charge in [-0.05, 0) is 19.3 Å². The van der Waals surface area contributed by atoms with Crippen LogP contribution in [0.5, 0.6) is 0 Å². The maximum atomic E-state index is 8.58. The van der Waals surface area contributed by atoms with Crippen molar-refractivity contribution in [2.75, 3.05) is 0 Å². The van der Waals surface area contributed by atoms with Crippen LogP contribution in [0, 0.1) is 16.7 Å². The Bertz CT molecular complexity index is 158. The lowest BCUT2D eigenvalue weighted by Gasteiger charge is -1.91. The van der Waals surface area contributed by atoms with Gasteiger partial charge in [0.05, 0.1) is 11.5 Å². The number of hydrogen-bond donors (Lipinski definition) is 0. The molecule has 48 valence electrons. The average Bonchev–Trinajstić information content (AvgIpc) is 2.65. The maximum Gasteiger partial charge on any atom is 0.0754 e. The zero-order valence-corrected chi connectivity index (χ0v) is 5.72. The Morgan fingerprint density at radius 1 is 1.67 bits per heavy atom. The number of allylic oxidation sites excluding steroid dienone is 2. The first-order valence-corrected chi connectivity index (χ1v) is 3.42. The molecule has 0 N–H and O–H groups in total. The Balaban J connectivity index is 2.45. The van der Waals surface area contributed by atoms with Gasteiger partial charge in [-0.25, -0.2) is 0 Å². The molecule has 0 saturated heterocycles. The van der Waals surface area contributed by atoms with E-state index in [-0.39, 0.29) is 5.41 Å². The van der Waals surface area contributed by atoms with Crippen molar-refractivity contribution >= 4 is 0 Å². The third-order valence-corrected chi connectivity index (χ3v) is 1.68. The van der Waals surface area contributed by atoms with Gasteiger partial charge in [0.25, 0.3) is 0 Å². The van der Waals surface area contributed by atoms with Crippen LogP contribution in [0.2, 0.25) is 0 Å². The van der Waals surface area contributed by atoms with Gasteiger partial charge in [-0.1, -0.05) is 19.1 Å². The van der Waals surface area contributed by atoms with Gasteiger partial charge in [0.15, 0.2) is 0 Å². The lowest BCUT2D eigenvalue weighted by atomic mass is 10.1. The molecule has 1 heteroatoms. The van der Waals surface area contributed by atoms with E-state index in [1.807, 2.05) is 6.08 Å². The Labute approximate surface area is 56.0 Å². The van der Waals surface area contributed by atoms with Crippen LogP contribution in [0.4, 0.5) is 0 Å². The fraction of sp³-hybridized carbons (Fsp3) is 0.625. The second-order valence-electron chi connectivity index (χ2n) is 2.58. The summed E-state index contributed by atoms with van der Waals surface area (Å²) in [7, 11) is 0. The molecule has 0 radical (unpaired) electrons. The average molecular weight is 121 g/mol. The summed E-state index contributed by atoms with van der Waals surface area (Å²) in [6.07, 6.45) is 7.31. The van der Waals surface area contributed by atoms with E-state index in [9.17, 15) is 0 Å². The van der Waals surface area contributed by atoms with Crippen molar-refractivity contribution < 1.29 is 0 Å². The van der Waals surface area contributed by atoms with Crippen molar-refractivity contribution in [1.29, 1.82) is 5.26 Å². The highest BCUT2D eigenvalue weighted by Crippen LogP contribution is 2.46. The normalized spacial score (nSPS) is 21.8. The molecule has 0 spiro atoms. The van der Waals surface area contributed by atoms with Crippen LogP contribution < -0.4 is 0 Å². The first-order valence-electron chi connectivity index (χ1n) is 3.42. The molecule has 0 unspecified atom stereocenters. The first kappa shape index (κ1) is 6.35. The van der Waals surface area contributed by atoms with Gasteiger partial charge < -0.3 is 0 Å². The summed E-state index contributed by atoms with van der Waals surface area (Å²) in [5.41, 5.74) is -0.0317. The van der Waals surface area contributed by atoms with Gasteiger partial charge in [0, 0.05) is 0 Å². The Hall–Kier alpha value is -0.770. The van der Waals surface area contributed by atoms with Crippen LogP contribution >= 0.6 is 0 Å². The SMILES string of the molecule is CC/C=C/C1(C#N)CC1. The fourth-order valence-corrected chi connectivity index (χ4v) is 0.794. The third kappa shape index (κ3) is 1.32. The maximum absolute atomic E-state index is 8.58. The van der Waals surface area contributed by atoms with Crippen LogP contribution in [0.15, 0.2) is 12.2 Å². The standard InChI is InChI=1S/C8H11N/c1-2-3-4-8(7-9)5-6-8/h3-4H,2,5-6H2,1H3/b4-3+. The quantitative estimate of drug-likeness (QED) is 0.514. The molecule has 0 aliphatic heterocycles. The largest absolute Gasteiger partial charge is 0.197 e. The summed E-state index contributed by atoms with van der Waals surface area (Å²) in [6, 6.07) is 2.30. The van der Waals surface area contributed by atoms with Gasteiger partial charge in [0.1, 0.15) is 0 Å². The van der Waals surface area contributed by atoms with Crippen LogP contribution in [0.25, 0.3) is 0 Å². The predicted octanol–water partition coefficient (Wildman–Crippen LogP) is 2.26. The van der Waals surface area contributed by atoms with E-state index in [1.165, 1.54) is 0 Å². The number of hydrogen-bond acceptors (Lipinski definition) is 1. The molecule has 0 heterocycles. The van der Waals surface area contributed by atoms with Crippen molar-refractivity contribution in [2.24, 2.45) is 5.41 Å². The van der Waals surface area contributed by atoms with Crippen molar-refractivity contribution in [3.63, 3.8) is 0 Å². The smallest absolute Gasteiger partial charge is 0.0754 e. The van der Waals surface area contributed by atoms with E-state index in [0.29, 0.717) is 0 Å². The Kier molecular flexibility index (Phi) is 1.57. The van der Waals surface area contributed by atoms with Gasteiger partial charge in [-0.2, -0.15) is 5.26 Å². The summed E-state index contributed by atoms with van der Waals surface area (Å²) in [6.45, 7) is 2.09.